The molecular weight excluding hydrogens is 411 g/mol. The molecule has 2 N–H and O–H groups in total. The molecule has 0 bridgehead atoms. The van der Waals surface area contributed by atoms with Crippen molar-refractivity contribution in [3.05, 3.63) is 87.9 Å². The van der Waals surface area contributed by atoms with Crippen molar-refractivity contribution in [1.29, 1.82) is 0 Å². The molecule has 3 rings (SSSR count). The van der Waals surface area contributed by atoms with Crippen molar-refractivity contribution in [3.8, 4) is 5.75 Å². The average molecular weight is 429 g/mol. The van der Waals surface area contributed by atoms with E-state index in [1.165, 1.54) is 12.1 Å². The molecular formula is C22H18Cl2N2O3. The number of nitrogens with one attached hydrogen (secondary N) is 2. The smallest absolute Gasteiger partial charge is 0.257 e. The molecule has 0 aromatic heterocycles. The number of rotatable bonds is 6. The normalized spacial score (nSPS) is 10.3. The molecule has 0 aliphatic carbocycles. The Labute approximate surface area is 178 Å². The van der Waals surface area contributed by atoms with E-state index < -0.39 is 5.91 Å². The summed E-state index contributed by atoms with van der Waals surface area (Å²) in [5, 5.41) is 6.20. The van der Waals surface area contributed by atoms with Crippen molar-refractivity contribution < 1.29 is 14.3 Å². The molecule has 0 saturated heterocycles. The number of carbonyl (C=O) groups is 2. The lowest BCUT2D eigenvalue weighted by Gasteiger charge is -2.12. The van der Waals surface area contributed by atoms with Crippen LogP contribution < -0.4 is 15.4 Å². The number of amides is 2. The zero-order chi connectivity index (χ0) is 20.8. The highest BCUT2D eigenvalue weighted by Crippen LogP contribution is 2.24. The van der Waals surface area contributed by atoms with Gasteiger partial charge in [-0.05, 0) is 61.5 Å². The largest absolute Gasteiger partial charge is 0.494 e. The van der Waals surface area contributed by atoms with E-state index in [0.717, 1.165) is 5.75 Å². The van der Waals surface area contributed by atoms with E-state index in [-0.39, 0.29) is 16.5 Å². The fraction of sp³-hybridized carbons (Fsp3) is 0.0909. The molecule has 0 atom stereocenters. The maximum atomic E-state index is 12.7. The monoisotopic (exact) mass is 428 g/mol. The summed E-state index contributed by atoms with van der Waals surface area (Å²) in [5.41, 5.74) is 1.56. The number of halogens is 2. The maximum absolute atomic E-state index is 12.7. The second kappa shape index (κ2) is 9.45. The van der Waals surface area contributed by atoms with Gasteiger partial charge in [0, 0.05) is 10.7 Å². The van der Waals surface area contributed by atoms with Crippen molar-refractivity contribution in [2.75, 3.05) is 17.2 Å². The average Bonchev–Trinajstić information content (AvgIpc) is 2.70. The second-order valence-corrected chi connectivity index (χ2v) is 6.88. The molecule has 0 radical (unpaired) electrons. The Morgan fingerprint density at radius 1 is 0.862 bits per heavy atom. The summed E-state index contributed by atoms with van der Waals surface area (Å²) in [6.07, 6.45) is 0. The highest BCUT2D eigenvalue weighted by atomic mass is 35.5. The fourth-order valence-corrected chi connectivity index (χ4v) is 3.15. The van der Waals surface area contributed by atoms with Crippen LogP contribution in [0.4, 0.5) is 11.4 Å². The minimum atomic E-state index is -0.437. The number of para-hydroxylation sites is 1. The molecule has 148 valence electrons. The van der Waals surface area contributed by atoms with E-state index >= 15 is 0 Å². The Hall–Kier alpha value is -3.02. The fourth-order valence-electron chi connectivity index (χ4n) is 2.65. The molecule has 0 aliphatic rings. The van der Waals surface area contributed by atoms with Gasteiger partial charge in [0.05, 0.1) is 28.4 Å². The van der Waals surface area contributed by atoms with Crippen LogP contribution in [-0.2, 0) is 0 Å². The molecule has 2 amide bonds. The first-order chi connectivity index (χ1) is 14.0. The lowest BCUT2D eigenvalue weighted by molar-refractivity contribution is 0.102. The summed E-state index contributed by atoms with van der Waals surface area (Å²) in [7, 11) is 0. The first-order valence-electron chi connectivity index (χ1n) is 8.87. The number of anilines is 2. The number of hydrogen-bond donors (Lipinski definition) is 2. The molecule has 29 heavy (non-hydrogen) atoms. The summed E-state index contributed by atoms with van der Waals surface area (Å²) < 4.78 is 5.39. The van der Waals surface area contributed by atoms with Crippen LogP contribution in [0.1, 0.15) is 27.6 Å². The van der Waals surface area contributed by atoms with Crippen molar-refractivity contribution in [1.82, 2.24) is 0 Å². The van der Waals surface area contributed by atoms with Gasteiger partial charge >= 0.3 is 0 Å². The Kier molecular flexibility index (Phi) is 6.75. The maximum Gasteiger partial charge on any atom is 0.257 e. The quantitative estimate of drug-likeness (QED) is 0.513. The summed E-state index contributed by atoms with van der Waals surface area (Å²) in [6, 6.07) is 18.4. The van der Waals surface area contributed by atoms with Gasteiger partial charge in [-0.1, -0.05) is 35.3 Å². The minimum absolute atomic E-state index is 0.228. The third-order valence-electron chi connectivity index (χ3n) is 4.02. The highest BCUT2D eigenvalue weighted by molar-refractivity contribution is 6.37. The van der Waals surface area contributed by atoms with Crippen LogP contribution in [0.5, 0.6) is 5.75 Å². The van der Waals surface area contributed by atoms with Gasteiger partial charge in [0.2, 0.25) is 0 Å². The summed E-state index contributed by atoms with van der Waals surface area (Å²) >= 11 is 12.0. The van der Waals surface area contributed by atoms with Gasteiger partial charge in [-0.25, -0.2) is 0 Å². The molecule has 0 heterocycles. The molecule has 0 aliphatic heterocycles. The van der Waals surface area contributed by atoms with Crippen molar-refractivity contribution in [2.45, 2.75) is 6.92 Å². The first kappa shape index (κ1) is 20.7. The minimum Gasteiger partial charge on any atom is -0.494 e. The summed E-state index contributed by atoms with van der Waals surface area (Å²) in [4.78, 5) is 25.3. The number of benzene rings is 3. The lowest BCUT2D eigenvalue weighted by atomic mass is 10.1. The Morgan fingerprint density at radius 2 is 1.55 bits per heavy atom. The van der Waals surface area contributed by atoms with E-state index in [1.54, 1.807) is 54.6 Å². The van der Waals surface area contributed by atoms with Gasteiger partial charge in [0.1, 0.15) is 5.75 Å². The predicted molar refractivity (Wildman–Crippen MR) is 116 cm³/mol. The Balaban J connectivity index is 1.77. The second-order valence-electron chi connectivity index (χ2n) is 6.04. The van der Waals surface area contributed by atoms with E-state index in [1.807, 2.05) is 6.92 Å². The van der Waals surface area contributed by atoms with Crippen LogP contribution in [-0.4, -0.2) is 18.4 Å². The molecule has 3 aromatic rings. The van der Waals surface area contributed by atoms with E-state index in [0.29, 0.717) is 28.6 Å². The van der Waals surface area contributed by atoms with Crippen LogP contribution in [0.3, 0.4) is 0 Å². The number of carbonyl (C=O) groups excluding carboxylic acids is 2. The van der Waals surface area contributed by atoms with Gasteiger partial charge in [-0.2, -0.15) is 0 Å². The van der Waals surface area contributed by atoms with Crippen LogP contribution in [0.15, 0.2) is 66.7 Å². The van der Waals surface area contributed by atoms with E-state index in [2.05, 4.69) is 10.6 Å². The Morgan fingerprint density at radius 3 is 2.24 bits per heavy atom. The van der Waals surface area contributed by atoms with E-state index in [9.17, 15) is 9.59 Å². The molecule has 0 saturated carbocycles. The standard InChI is InChI=1S/C22H18Cl2N2O3/c1-2-29-16-10-8-15(9-11-16)25-22(28)18-5-3-4-6-20(18)26-21(27)17-12-7-14(23)13-19(17)24/h3-13H,2H2,1H3,(H,25,28)(H,26,27). The molecule has 3 aromatic carbocycles. The van der Waals surface area contributed by atoms with Gasteiger partial charge in [0.15, 0.2) is 0 Å². The van der Waals surface area contributed by atoms with Gasteiger partial charge in [-0.3, -0.25) is 9.59 Å². The topological polar surface area (TPSA) is 67.4 Å². The third kappa shape index (κ3) is 5.28. The molecule has 5 nitrogen and oxygen atoms in total. The Bertz CT molecular complexity index is 1040. The molecule has 0 unspecified atom stereocenters. The van der Waals surface area contributed by atoms with Crippen molar-refractivity contribution in [3.63, 3.8) is 0 Å². The number of hydrogen-bond acceptors (Lipinski definition) is 3. The van der Waals surface area contributed by atoms with Crippen LogP contribution >= 0.6 is 23.2 Å². The van der Waals surface area contributed by atoms with Gasteiger partial charge < -0.3 is 15.4 Å². The highest BCUT2D eigenvalue weighted by Gasteiger charge is 2.16. The molecule has 7 heteroatoms. The lowest BCUT2D eigenvalue weighted by Crippen LogP contribution is -2.18. The predicted octanol–water partition coefficient (Wildman–Crippen LogP) is 5.90. The van der Waals surface area contributed by atoms with Gasteiger partial charge in [0.25, 0.3) is 11.8 Å². The van der Waals surface area contributed by atoms with Crippen LogP contribution in [0.25, 0.3) is 0 Å². The van der Waals surface area contributed by atoms with E-state index in [4.69, 9.17) is 27.9 Å². The molecule has 0 spiro atoms. The summed E-state index contributed by atoms with van der Waals surface area (Å²) in [5.74, 6) is -0.0711. The number of ether oxygens (including phenoxy) is 1. The zero-order valence-electron chi connectivity index (χ0n) is 15.5. The van der Waals surface area contributed by atoms with Crippen molar-refractivity contribution >= 4 is 46.4 Å². The SMILES string of the molecule is CCOc1ccc(NC(=O)c2ccccc2NC(=O)c2ccc(Cl)cc2Cl)cc1. The van der Waals surface area contributed by atoms with Gasteiger partial charge in [-0.15, -0.1) is 0 Å². The molecule has 0 fully saturated rings. The van der Waals surface area contributed by atoms with Crippen LogP contribution in [0.2, 0.25) is 10.0 Å². The third-order valence-corrected chi connectivity index (χ3v) is 4.57. The first-order valence-corrected chi connectivity index (χ1v) is 9.63. The zero-order valence-corrected chi connectivity index (χ0v) is 17.1. The summed E-state index contributed by atoms with van der Waals surface area (Å²) in [6.45, 7) is 2.47. The van der Waals surface area contributed by atoms with Crippen molar-refractivity contribution in [2.24, 2.45) is 0 Å². The van der Waals surface area contributed by atoms with Crippen LogP contribution in [0, 0.1) is 0 Å².